The molecule has 1 aromatic carbocycles. The van der Waals surface area contributed by atoms with Crippen LogP contribution in [0.4, 0.5) is 0 Å². The minimum absolute atomic E-state index is 0.0624. The van der Waals surface area contributed by atoms with Crippen molar-refractivity contribution in [3.05, 3.63) is 29.3 Å². The van der Waals surface area contributed by atoms with Gasteiger partial charge in [0.1, 0.15) is 5.75 Å². The molecule has 2 rings (SSSR count). The average Bonchev–Trinajstić information content (AvgIpc) is 2.47. The Labute approximate surface area is 125 Å². The van der Waals surface area contributed by atoms with E-state index in [4.69, 9.17) is 16.3 Å². The Morgan fingerprint density at radius 2 is 2.15 bits per heavy atom. The molecule has 4 heteroatoms. The van der Waals surface area contributed by atoms with E-state index in [0.29, 0.717) is 23.1 Å². The first kappa shape index (κ1) is 15.2. The van der Waals surface area contributed by atoms with Gasteiger partial charge in [0.25, 0.3) is 5.91 Å². The lowest BCUT2D eigenvalue weighted by molar-refractivity contribution is 0.0908. The van der Waals surface area contributed by atoms with Crippen molar-refractivity contribution in [3.63, 3.8) is 0 Å². The van der Waals surface area contributed by atoms with Crippen LogP contribution in [0.15, 0.2) is 18.2 Å². The van der Waals surface area contributed by atoms with E-state index < -0.39 is 0 Å². The summed E-state index contributed by atoms with van der Waals surface area (Å²) in [6.45, 7) is 1.97. The van der Waals surface area contributed by atoms with Crippen LogP contribution in [0, 0.1) is 12.8 Å². The van der Waals surface area contributed by atoms with Crippen LogP contribution >= 0.6 is 11.6 Å². The summed E-state index contributed by atoms with van der Waals surface area (Å²) in [6, 6.07) is 5.83. The number of carbonyl (C=O) groups is 1. The first-order valence-electron chi connectivity index (χ1n) is 7.17. The lowest BCUT2D eigenvalue weighted by Gasteiger charge is -2.31. The van der Waals surface area contributed by atoms with Crippen molar-refractivity contribution in [2.24, 2.45) is 5.92 Å². The Morgan fingerprint density at radius 1 is 1.40 bits per heavy atom. The van der Waals surface area contributed by atoms with Gasteiger partial charge < -0.3 is 10.1 Å². The number of benzene rings is 1. The lowest BCUT2D eigenvalue weighted by atomic mass is 9.85. The molecule has 0 aromatic heterocycles. The van der Waals surface area contributed by atoms with Gasteiger partial charge in [-0.15, -0.1) is 11.6 Å². The van der Waals surface area contributed by atoms with E-state index >= 15 is 0 Å². The summed E-state index contributed by atoms with van der Waals surface area (Å²) in [7, 11) is 1.59. The topological polar surface area (TPSA) is 38.3 Å². The minimum Gasteiger partial charge on any atom is -0.496 e. The molecule has 3 nitrogen and oxygen atoms in total. The standard InChI is InChI=1S/C16H22ClNO2/c1-11-7-8-15(20-2)13(9-11)16(19)18-14-6-4-3-5-12(14)10-17/h7-9,12,14H,3-6,10H2,1-2H3,(H,18,19). The van der Waals surface area contributed by atoms with Gasteiger partial charge in [0.15, 0.2) is 0 Å². The van der Waals surface area contributed by atoms with Gasteiger partial charge in [-0.05, 0) is 37.8 Å². The van der Waals surface area contributed by atoms with E-state index in [0.717, 1.165) is 24.8 Å². The van der Waals surface area contributed by atoms with Crippen LogP contribution in [0.5, 0.6) is 5.75 Å². The fraction of sp³-hybridized carbons (Fsp3) is 0.562. The first-order valence-corrected chi connectivity index (χ1v) is 7.70. The summed E-state index contributed by atoms with van der Waals surface area (Å²) in [5, 5.41) is 3.13. The number of nitrogens with one attached hydrogen (secondary N) is 1. The number of hydrogen-bond donors (Lipinski definition) is 1. The summed E-state index contributed by atoms with van der Waals surface area (Å²) in [4.78, 5) is 12.5. The number of rotatable bonds is 4. The molecule has 0 spiro atoms. The van der Waals surface area contributed by atoms with E-state index in [2.05, 4.69) is 5.32 Å². The second-order valence-corrected chi connectivity index (χ2v) is 5.79. The van der Waals surface area contributed by atoms with Gasteiger partial charge in [0, 0.05) is 11.9 Å². The van der Waals surface area contributed by atoms with E-state index in [1.165, 1.54) is 6.42 Å². The third-order valence-electron chi connectivity index (χ3n) is 4.02. The number of amides is 1. The SMILES string of the molecule is COc1ccc(C)cc1C(=O)NC1CCCCC1CCl. The highest BCUT2D eigenvalue weighted by atomic mass is 35.5. The number of carbonyl (C=O) groups excluding carboxylic acids is 1. The number of halogens is 1. The second kappa shape index (κ2) is 6.98. The van der Waals surface area contributed by atoms with Gasteiger partial charge in [-0.1, -0.05) is 24.5 Å². The van der Waals surface area contributed by atoms with Crippen LogP contribution in [-0.2, 0) is 0 Å². The van der Waals surface area contributed by atoms with E-state index in [1.807, 2.05) is 25.1 Å². The van der Waals surface area contributed by atoms with Crippen molar-refractivity contribution in [2.75, 3.05) is 13.0 Å². The molecule has 2 atom stereocenters. The molecular formula is C16H22ClNO2. The molecule has 0 radical (unpaired) electrons. The smallest absolute Gasteiger partial charge is 0.255 e. The van der Waals surface area contributed by atoms with Crippen molar-refractivity contribution in [1.82, 2.24) is 5.32 Å². The number of hydrogen-bond acceptors (Lipinski definition) is 2. The Kier molecular flexibility index (Phi) is 5.30. The van der Waals surface area contributed by atoms with Gasteiger partial charge >= 0.3 is 0 Å². The number of ether oxygens (including phenoxy) is 1. The third kappa shape index (κ3) is 3.45. The zero-order valence-corrected chi connectivity index (χ0v) is 12.9. The molecule has 0 saturated heterocycles. The Morgan fingerprint density at radius 3 is 2.85 bits per heavy atom. The molecule has 1 saturated carbocycles. The summed E-state index contributed by atoms with van der Waals surface area (Å²) in [5.74, 6) is 1.54. The van der Waals surface area contributed by atoms with E-state index in [-0.39, 0.29) is 11.9 Å². The molecule has 2 unspecified atom stereocenters. The fourth-order valence-corrected chi connectivity index (χ4v) is 3.20. The van der Waals surface area contributed by atoms with Crippen LogP contribution in [-0.4, -0.2) is 24.9 Å². The van der Waals surface area contributed by atoms with Gasteiger partial charge in [-0.25, -0.2) is 0 Å². The molecular weight excluding hydrogens is 274 g/mol. The van der Waals surface area contributed by atoms with Crippen molar-refractivity contribution in [2.45, 2.75) is 38.6 Å². The van der Waals surface area contributed by atoms with Gasteiger partial charge in [-0.3, -0.25) is 4.79 Å². The highest BCUT2D eigenvalue weighted by molar-refractivity contribution is 6.18. The molecule has 0 heterocycles. The quantitative estimate of drug-likeness (QED) is 0.863. The van der Waals surface area contributed by atoms with Crippen molar-refractivity contribution < 1.29 is 9.53 Å². The van der Waals surface area contributed by atoms with Crippen molar-refractivity contribution >= 4 is 17.5 Å². The molecule has 1 aromatic rings. The molecule has 110 valence electrons. The summed E-state index contributed by atoms with van der Waals surface area (Å²) >= 11 is 6.01. The summed E-state index contributed by atoms with van der Waals surface area (Å²) in [6.07, 6.45) is 4.47. The highest BCUT2D eigenvalue weighted by Crippen LogP contribution is 2.26. The Hall–Kier alpha value is -1.22. The molecule has 0 aliphatic heterocycles. The van der Waals surface area contributed by atoms with Crippen LogP contribution in [0.3, 0.4) is 0 Å². The molecule has 1 amide bonds. The largest absolute Gasteiger partial charge is 0.496 e. The predicted molar refractivity (Wildman–Crippen MR) is 81.7 cm³/mol. The second-order valence-electron chi connectivity index (χ2n) is 5.48. The molecule has 1 aliphatic carbocycles. The fourth-order valence-electron chi connectivity index (χ4n) is 2.83. The number of methoxy groups -OCH3 is 1. The number of alkyl halides is 1. The average molecular weight is 296 g/mol. The van der Waals surface area contributed by atoms with E-state index in [9.17, 15) is 4.79 Å². The van der Waals surface area contributed by atoms with Crippen LogP contribution < -0.4 is 10.1 Å². The molecule has 20 heavy (non-hydrogen) atoms. The predicted octanol–water partition coefficient (Wildman–Crippen LogP) is 3.53. The van der Waals surface area contributed by atoms with E-state index in [1.54, 1.807) is 7.11 Å². The van der Waals surface area contributed by atoms with Crippen LogP contribution in [0.25, 0.3) is 0 Å². The van der Waals surface area contributed by atoms with Crippen LogP contribution in [0.2, 0.25) is 0 Å². The summed E-state index contributed by atoms with van der Waals surface area (Å²) in [5.41, 5.74) is 1.65. The molecule has 1 fully saturated rings. The first-order chi connectivity index (χ1) is 9.65. The molecule has 0 bridgehead atoms. The molecule has 1 aliphatic rings. The number of aryl methyl sites for hydroxylation is 1. The zero-order valence-electron chi connectivity index (χ0n) is 12.1. The monoisotopic (exact) mass is 295 g/mol. The normalized spacial score (nSPS) is 22.4. The van der Waals surface area contributed by atoms with Crippen molar-refractivity contribution in [3.8, 4) is 5.75 Å². The zero-order chi connectivity index (χ0) is 14.5. The molecule has 1 N–H and O–H groups in total. The minimum atomic E-state index is -0.0624. The van der Waals surface area contributed by atoms with Gasteiger partial charge in [0.05, 0.1) is 12.7 Å². The third-order valence-corrected chi connectivity index (χ3v) is 4.42. The van der Waals surface area contributed by atoms with Crippen LogP contribution in [0.1, 0.15) is 41.6 Å². The highest BCUT2D eigenvalue weighted by Gasteiger charge is 2.26. The maximum atomic E-state index is 12.5. The summed E-state index contributed by atoms with van der Waals surface area (Å²) < 4.78 is 5.28. The maximum absolute atomic E-state index is 12.5. The lowest BCUT2D eigenvalue weighted by Crippen LogP contribution is -2.42. The van der Waals surface area contributed by atoms with Gasteiger partial charge in [0.2, 0.25) is 0 Å². The van der Waals surface area contributed by atoms with Crippen molar-refractivity contribution in [1.29, 1.82) is 0 Å². The maximum Gasteiger partial charge on any atom is 0.255 e. The van der Waals surface area contributed by atoms with Gasteiger partial charge in [-0.2, -0.15) is 0 Å². The Bertz CT molecular complexity index is 476. The Balaban J connectivity index is 2.13.